The number of amides is 1. The van der Waals surface area contributed by atoms with E-state index in [1.54, 1.807) is 4.90 Å². The summed E-state index contributed by atoms with van der Waals surface area (Å²) in [6, 6.07) is 0. The van der Waals surface area contributed by atoms with E-state index in [0.29, 0.717) is 0 Å². The molecule has 1 aliphatic heterocycles. The molecular weight excluding hydrogens is 132 g/mol. The molecule has 0 radical (unpaired) electrons. The van der Waals surface area contributed by atoms with Crippen molar-refractivity contribution in [3.63, 3.8) is 0 Å². The molecule has 0 bridgehead atoms. The Morgan fingerprint density at radius 2 is 2.10 bits per heavy atom. The summed E-state index contributed by atoms with van der Waals surface area (Å²) in [6.45, 7) is 3.25. The number of nitrogens with one attached hydrogen (secondary N) is 1. The SMILES string of the molecule is COC(=O)N1CCNCC1. The Bertz CT molecular complexity index is 121. The number of rotatable bonds is 0. The molecule has 1 N–H and O–H groups in total. The van der Waals surface area contributed by atoms with Gasteiger partial charge in [0.25, 0.3) is 0 Å². The van der Waals surface area contributed by atoms with E-state index >= 15 is 0 Å². The summed E-state index contributed by atoms with van der Waals surface area (Å²) in [5.41, 5.74) is 0. The third kappa shape index (κ3) is 1.60. The molecule has 0 aromatic carbocycles. The van der Waals surface area contributed by atoms with E-state index in [0.717, 1.165) is 26.2 Å². The van der Waals surface area contributed by atoms with Crippen LogP contribution >= 0.6 is 0 Å². The molecule has 0 aliphatic carbocycles. The molecule has 1 amide bonds. The third-order valence-electron chi connectivity index (χ3n) is 1.55. The normalized spacial score (nSPS) is 18.7. The van der Waals surface area contributed by atoms with Gasteiger partial charge < -0.3 is 15.0 Å². The number of methoxy groups -OCH3 is 1. The minimum absolute atomic E-state index is 0.221. The highest BCUT2D eigenvalue weighted by atomic mass is 16.5. The summed E-state index contributed by atoms with van der Waals surface area (Å²) in [5, 5.41) is 3.14. The molecular formula is C6H12N2O2. The number of hydrogen-bond acceptors (Lipinski definition) is 3. The predicted molar refractivity (Wildman–Crippen MR) is 36.8 cm³/mol. The van der Waals surface area contributed by atoms with Crippen LogP contribution in [-0.4, -0.2) is 44.3 Å². The minimum Gasteiger partial charge on any atom is -0.453 e. The van der Waals surface area contributed by atoms with Crippen molar-refractivity contribution in [2.75, 3.05) is 33.3 Å². The van der Waals surface area contributed by atoms with Crippen molar-refractivity contribution in [3.8, 4) is 0 Å². The first-order valence-electron chi connectivity index (χ1n) is 3.38. The molecule has 1 saturated heterocycles. The van der Waals surface area contributed by atoms with E-state index in [-0.39, 0.29) is 6.09 Å². The van der Waals surface area contributed by atoms with E-state index in [2.05, 4.69) is 10.1 Å². The maximum Gasteiger partial charge on any atom is 0.409 e. The van der Waals surface area contributed by atoms with E-state index < -0.39 is 0 Å². The van der Waals surface area contributed by atoms with Crippen molar-refractivity contribution in [2.45, 2.75) is 0 Å². The molecule has 0 aromatic rings. The first-order chi connectivity index (χ1) is 4.84. The van der Waals surface area contributed by atoms with Crippen LogP contribution in [0.4, 0.5) is 4.79 Å². The van der Waals surface area contributed by atoms with E-state index in [1.165, 1.54) is 7.11 Å². The fraction of sp³-hybridized carbons (Fsp3) is 0.833. The average molecular weight is 144 g/mol. The first-order valence-corrected chi connectivity index (χ1v) is 3.38. The minimum atomic E-state index is -0.221. The van der Waals surface area contributed by atoms with Crippen molar-refractivity contribution in [3.05, 3.63) is 0 Å². The van der Waals surface area contributed by atoms with Crippen LogP contribution < -0.4 is 5.32 Å². The Morgan fingerprint density at radius 1 is 1.50 bits per heavy atom. The summed E-state index contributed by atoms with van der Waals surface area (Å²) < 4.78 is 4.55. The second-order valence-corrected chi connectivity index (χ2v) is 2.21. The number of ether oxygens (including phenoxy) is 1. The maximum atomic E-state index is 10.8. The number of carbonyl (C=O) groups excluding carboxylic acids is 1. The standard InChI is InChI=1S/C6H12N2O2/c1-10-6(9)8-4-2-7-3-5-8/h7H,2-5H2,1H3. The summed E-state index contributed by atoms with van der Waals surface area (Å²) in [7, 11) is 1.41. The zero-order valence-electron chi connectivity index (χ0n) is 6.09. The first kappa shape index (κ1) is 7.34. The highest BCUT2D eigenvalue weighted by Gasteiger charge is 2.15. The van der Waals surface area contributed by atoms with Crippen LogP contribution in [0.25, 0.3) is 0 Å². The van der Waals surface area contributed by atoms with Gasteiger partial charge in [-0.15, -0.1) is 0 Å². The van der Waals surface area contributed by atoms with E-state index in [9.17, 15) is 4.79 Å². The molecule has 58 valence electrons. The van der Waals surface area contributed by atoms with Gasteiger partial charge in [0.2, 0.25) is 0 Å². The molecule has 1 heterocycles. The average Bonchev–Trinajstić information content (AvgIpc) is 2.05. The van der Waals surface area contributed by atoms with Gasteiger partial charge in [0.05, 0.1) is 7.11 Å². The van der Waals surface area contributed by atoms with Gasteiger partial charge in [-0.25, -0.2) is 4.79 Å². The van der Waals surface area contributed by atoms with E-state index in [4.69, 9.17) is 0 Å². The van der Waals surface area contributed by atoms with Gasteiger partial charge in [-0.1, -0.05) is 0 Å². The molecule has 0 saturated carbocycles. The van der Waals surface area contributed by atoms with Gasteiger partial charge in [-0.3, -0.25) is 0 Å². The largest absolute Gasteiger partial charge is 0.453 e. The summed E-state index contributed by atoms with van der Waals surface area (Å²) >= 11 is 0. The van der Waals surface area contributed by atoms with Gasteiger partial charge in [0.1, 0.15) is 0 Å². The monoisotopic (exact) mass is 144 g/mol. The van der Waals surface area contributed by atoms with E-state index in [1.807, 2.05) is 0 Å². The fourth-order valence-electron chi connectivity index (χ4n) is 0.977. The van der Waals surface area contributed by atoms with Crippen molar-refractivity contribution in [1.82, 2.24) is 10.2 Å². The zero-order chi connectivity index (χ0) is 7.40. The molecule has 4 nitrogen and oxygen atoms in total. The molecule has 1 rings (SSSR count). The Labute approximate surface area is 60.1 Å². The van der Waals surface area contributed by atoms with Crippen LogP contribution in [0.15, 0.2) is 0 Å². The van der Waals surface area contributed by atoms with Gasteiger partial charge >= 0.3 is 6.09 Å². The highest BCUT2D eigenvalue weighted by Crippen LogP contribution is 1.94. The summed E-state index contributed by atoms with van der Waals surface area (Å²) in [5.74, 6) is 0. The van der Waals surface area contributed by atoms with Crippen LogP contribution in [0, 0.1) is 0 Å². The summed E-state index contributed by atoms with van der Waals surface area (Å²) in [4.78, 5) is 12.5. The molecule has 4 heteroatoms. The van der Waals surface area contributed by atoms with Crippen LogP contribution in [0.5, 0.6) is 0 Å². The molecule has 0 atom stereocenters. The highest BCUT2D eigenvalue weighted by molar-refractivity contribution is 5.67. The van der Waals surface area contributed by atoms with Gasteiger partial charge in [-0.2, -0.15) is 0 Å². The number of nitrogens with zero attached hydrogens (tertiary/aromatic N) is 1. The van der Waals surface area contributed by atoms with Crippen LogP contribution in [0.3, 0.4) is 0 Å². The molecule has 1 fully saturated rings. The molecule has 0 spiro atoms. The fourth-order valence-corrected chi connectivity index (χ4v) is 0.977. The second-order valence-electron chi connectivity index (χ2n) is 2.21. The lowest BCUT2D eigenvalue weighted by Gasteiger charge is -2.25. The predicted octanol–water partition coefficient (Wildman–Crippen LogP) is -0.342. The Morgan fingerprint density at radius 3 is 2.60 bits per heavy atom. The Kier molecular flexibility index (Phi) is 2.50. The quantitative estimate of drug-likeness (QED) is 0.505. The summed E-state index contributed by atoms with van der Waals surface area (Å²) in [6.07, 6.45) is -0.221. The van der Waals surface area contributed by atoms with Crippen LogP contribution in [-0.2, 0) is 4.74 Å². The lowest BCUT2D eigenvalue weighted by Crippen LogP contribution is -2.46. The number of hydrogen-bond donors (Lipinski definition) is 1. The zero-order valence-corrected chi connectivity index (χ0v) is 6.09. The van der Waals surface area contributed by atoms with Crippen molar-refractivity contribution in [1.29, 1.82) is 0 Å². The number of piperazine rings is 1. The molecule has 1 aliphatic rings. The second kappa shape index (κ2) is 3.41. The van der Waals surface area contributed by atoms with Crippen LogP contribution in [0.1, 0.15) is 0 Å². The third-order valence-corrected chi connectivity index (χ3v) is 1.55. The van der Waals surface area contributed by atoms with Gasteiger partial charge in [0.15, 0.2) is 0 Å². The number of carbonyl (C=O) groups is 1. The molecule has 0 aromatic heterocycles. The maximum absolute atomic E-state index is 10.8. The van der Waals surface area contributed by atoms with Gasteiger partial charge in [-0.05, 0) is 0 Å². The van der Waals surface area contributed by atoms with Crippen molar-refractivity contribution in [2.24, 2.45) is 0 Å². The smallest absolute Gasteiger partial charge is 0.409 e. The topological polar surface area (TPSA) is 41.6 Å². The molecule has 10 heavy (non-hydrogen) atoms. The van der Waals surface area contributed by atoms with Gasteiger partial charge in [0, 0.05) is 26.2 Å². The molecule has 0 unspecified atom stereocenters. The Hall–Kier alpha value is -0.770. The Balaban J connectivity index is 2.31. The van der Waals surface area contributed by atoms with Crippen molar-refractivity contribution >= 4 is 6.09 Å². The lowest BCUT2D eigenvalue weighted by molar-refractivity contribution is 0.118. The van der Waals surface area contributed by atoms with Crippen molar-refractivity contribution < 1.29 is 9.53 Å². The van der Waals surface area contributed by atoms with Crippen LogP contribution in [0.2, 0.25) is 0 Å². The lowest BCUT2D eigenvalue weighted by atomic mass is 10.4.